The first-order valence-corrected chi connectivity index (χ1v) is 8.59. The van der Waals surface area contributed by atoms with Crippen molar-refractivity contribution in [1.82, 2.24) is 20.0 Å². The van der Waals surface area contributed by atoms with E-state index < -0.39 is 0 Å². The molecule has 0 aromatic carbocycles. The fourth-order valence-corrected chi connectivity index (χ4v) is 3.58. The maximum atomic E-state index is 12.0. The summed E-state index contributed by atoms with van der Waals surface area (Å²) in [4.78, 5) is 16.5. The topological polar surface area (TPSA) is 58.4 Å². The van der Waals surface area contributed by atoms with Crippen molar-refractivity contribution in [3.8, 4) is 0 Å². The number of rotatable bonds is 3. The van der Waals surface area contributed by atoms with Crippen LogP contribution in [0, 0.1) is 6.92 Å². The summed E-state index contributed by atoms with van der Waals surface area (Å²) in [6, 6.07) is 2.27. The van der Waals surface area contributed by atoms with Crippen LogP contribution in [0.25, 0.3) is 5.65 Å². The number of carbonyl (C=O) groups is 1. The first kappa shape index (κ1) is 15.3. The van der Waals surface area contributed by atoms with Gasteiger partial charge in [-0.05, 0) is 47.3 Å². The van der Waals surface area contributed by atoms with Crippen molar-refractivity contribution in [2.75, 3.05) is 0 Å². The van der Waals surface area contributed by atoms with Crippen molar-refractivity contribution < 1.29 is 4.79 Å². The molecule has 2 aromatic rings. The summed E-state index contributed by atoms with van der Waals surface area (Å²) < 4.78 is 3.00. The van der Waals surface area contributed by atoms with Crippen LogP contribution < -0.4 is 10.6 Å². The molecule has 0 aliphatic heterocycles. The standard InChI is InChI=1S/C16H21BrN4O/c1-11-7-12(17)9-21-10-14(19-15(11)21)8-18-16(22)20-13-5-3-2-4-6-13/h7,9-10,13H,2-6,8H2,1H3,(H2,18,20,22). The number of amides is 2. The van der Waals surface area contributed by atoms with E-state index in [0.717, 1.165) is 34.2 Å². The number of nitrogens with one attached hydrogen (secondary N) is 2. The van der Waals surface area contributed by atoms with Gasteiger partial charge < -0.3 is 15.0 Å². The van der Waals surface area contributed by atoms with Crippen LogP contribution in [0.3, 0.4) is 0 Å². The Bertz CT molecular complexity index is 676. The van der Waals surface area contributed by atoms with E-state index in [9.17, 15) is 4.79 Å². The van der Waals surface area contributed by atoms with Crippen molar-refractivity contribution in [3.05, 3.63) is 34.2 Å². The monoisotopic (exact) mass is 364 g/mol. The minimum Gasteiger partial charge on any atom is -0.335 e. The molecule has 0 bridgehead atoms. The molecule has 0 saturated heterocycles. The number of fused-ring (bicyclic) bond motifs is 1. The van der Waals surface area contributed by atoms with Crippen LogP contribution in [0.15, 0.2) is 22.9 Å². The molecule has 118 valence electrons. The van der Waals surface area contributed by atoms with E-state index in [2.05, 4.69) is 31.5 Å². The minimum atomic E-state index is -0.0955. The normalized spacial score (nSPS) is 15.9. The number of nitrogens with zero attached hydrogens (tertiary/aromatic N) is 2. The second-order valence-electron chi connectivity index (χ2n) is 5.97. The van der Waals surface area contributed by atoms with Crippen LogP contribution in [0.4, 0.5) is 4.79 Å². The zero-order chi connectivity index (χ0) is 15.5. The van der Waals surface area contributed by atoms with Gasteiger partial charge in [-0.25, -0.2) is 9.78 Å². The van der Waals surface area contributed by atoms with Crippen molar-refractivity contribution in [3.63, 3.8) is 0 Å². The second kappa shape index (κ2) is 6.69. The molecule has 0 unspecified atom stereocenters. The lowest BCUT2D eigenvalue weighted by Crippen LogP contribution is -2.42. The zero-order valence-electron chi connectivity index (χ0n) is 12.7. The Hall–Kier alpha value is -1.56. The average Bonchev–Trinajstić information content (AvgIpc) is 2.89. The third-order valence-corrected chi connectivity index (χ3v) is 4.56. The number of aromatic nitrogens is 2. The first-order valence-electron chi connectivity index (χ1n) is 7.80. The molecule has 22 heavy (non-hydrogen) atoms. The second-order valence-corrected chi connectivity index (χ2v) is 6.88. The Labute approximate surface area is 138 Å². The van der Waals surface area contributed by atoms with E-state index in [4.69, 9.17) is 0 Å². The molecule has 3 rings (SSSR count). The number of aryl methyl sites for hydroxylation is 1. The quantitative estimate of drug-likeness (QED) is 0.874. The van der Waals surface area contributed by atoms with Crippen LogP contribution in [-0.4, -0.2) is 21.5 Å². The van der Waals surface area contributed by atoms with Gasteiger partial charge in [-0.2, -0.15) is 0 Å². The van der Waals surface area contributed by atoms with Gasteiger partial charge in [0, 0.05) is 22.9 Å². The van der Waals surface area contributed by atoms with Gasteiger partial charge in [0.05, 0.1) is 12.2 Å². The molecule has 2 aromatic heterocycles. The highest BCUT2D eigenvalue weighted by atomic mass is 79.9. The molecule has 0 atom stereocenters. The Balaban J connectivity index is 1.59. The lowest BCUT2D eigenvalue weighted by Gasteiger charge is -2.22. The molecule has 1 aliphatic rings. The number of carbonyl (C=O) groups excluding carboxylic acids is 1. The fourth-order valence-electron chi connectivity index (χ4n) is 3.02. The molecule has 1 fully saturated rings. The molecule has 2 heterocycles. The van der Waals surface area contributed by atoms with E-state index in [1.165, 1.54) is 19.3 Å². The largest absolute Gasteiger partial charge is 0.335 e. The van der Waals surface area contributed by atoms with Gasteiger partial charge in [0.2, 0.25) is 0 Å². The summed E-state index contributed by atoms with van der Waals surface area (Å²) in [6.07, 6.45) is 9.83. The van der Waals surface area contributed by atoms with E-state index in [0.29, 0.717) is 12.6 Å². The van der Waals surface area contributed by atoms with Crippen LogP contribution in [0.2, 0.25) is 0 Å². The predicted molar refractivity (Wildman–Crippen MR) is 89.9 cm³/mol. The van der Waals surface area contributed by atoms with Gasteiger partial charge >= 0.3 is 6.03 Å². The van der Waals surface area contributed by atoms with E-state index in [-0.39, 0.29) is 6.03 Å². The number of urea groups is 1. The van der Waals surface area contributed by atoms with E-state index >= 15 is 0 Å². The predicted octanol–water partition coefficient (Wildman–Crippen LogP) is 3.54. The Morgan fingerprint density at radius 1 is 1.36 bits per heavy atom. The lowest BCUT2D eigenvalue weighted by molar-refractivity contribution is 0.232. The highest BCUT2D eigenvalue weighted by Gasteiger charge is 2.15. The van der Waals surface area contributed by atoms with Crippen LogP contribution in [-0.2, 0) is 6.54 Å². The molecule has 0 radical (unpaired) electrons. The van der Waals surface area contributed by atoms with Crippen molar-refractivity contribution in [2.45, 2.75) is 51.6 Å². The van der Waals surface area contributed by atoms with Crippen molar-refractivity contribution in [1.29, 1.82) is 0 Å². The van der Waals surface area contributed by atoms with Crippen LogP contribution >= 0.6 is 15.9 Å². The lowest BCUT2D eigenvalue weighted by atomic mass is 9.96. The molecule has 2 amide bonds. The van der Waals surface area contributed by atoms with Gasteiger partial charge in [0.1, 0.15) is 5.65 Å². The summed E-state index contributed by atoms with van der Waals surface area (Å²) >= 11 is 3.48. The van der Waals surface area contributed by atoms with Gasteiger partial charge in [0.15, 0.2) is 0 Å². The molecule has 0 spiro atoms. The molecular weight excluding hydrogens is 344 g/mol. The number of hydrogen-bond acceptors (Lipinski definition) is 2. The van der Waals surface area contributed by atoms with Crippen LogP contribution in [0.5, 0.6) is 0 Å². The highest BCUT2D eigenvalue weighted by molar-refractivity contribution is 9.10. The Morgan fingerprint density at radius 3 is 2.91 bits per heavy atom. The fraction of sp³-hybridized carbons (Fsp3) is 0.500. The van der Waals surface area contributed by atoms with Crippen LogP contribution in [0.1, 0.15) is 43.4 Å². The average molecular weight is 365 g/mol. The molecule has 6 heteroatoms. The number of halogens is 1. The smallest absolute Gasteiger partial charge is 0.315 e. The number of imidazole rings is 1. The van der Waals surface area contributed by atoms with Gasteiger partial charge in [0.25, 0.3) is 0 Å². The first-order chi connectivity index (χ1) is 10.6. The van der Waals surface area contributed by atoms with Crippen molar-refractivity contribution in [2.24, 2.45) is 0 Å². The number of pyridine rings is 1. The van der Waals surface area contributed by atoms with E-state index in [1.807, 2.05) is 29.8 Å². The van der Waals surface area contributed by atoms with Crippen molar-refractivity contribution >= 4 is 27.6 Å². The molecular formula is C16H21BrN4O. The maximum absolute atomic E-state index is 12.0. The molecule has 5 nitrogen and oxygen atoms in total. The maximum Gasteiger partial charge on any atom is 0.315 e. The summed E-state index contributed by atoms with van der Waals surface area (Å²) in [5, 5.41) is 5.95. The number of hydrogen-bond donors (Lipinski definition) is 2. The van der Waals surface area contributed by atoms with Gasteiger partial charge in [-0.15, -0.1) is 0 Å². The third-order valence-electron chi connectivity index (χ3n) is 4.12. The Morgan fingerprint density at radius 2 is 2.14 bits per heavy atom. The summed E-state index contributed by atoms with van der Waals surface area (Å²) in [7, 11) is 0. The SMILES string of the molecule is Cc1cc(Br)cn2cc(CNC(=O)NC3CCCCC3)nc12. The summed E-state index contributed by atoms with van der Waals surface area (Å²) in [5.41, 5.74) is 2.89. The van der Waals surface area contributed by atoms with E-state index in [1.54, 1.807) is 0 Å². The molecule has 1 aliphatic carbocycles. The van der Waals surface area contributed by atoms with Gasteiger partial charge in [-0.3, -0.25) is 0 Å². The molecule has 2 N–H and O–H groups in total. The zero-order valence-corrected chi connectivity index (χ0v) is 14.3. The highest BCUT2D eigenvalue weighted by Crippen LogP contribution is 2.18. The molecule has 1 saturated carbocycles. The van der Waals surface area contributed by atoms with Gasteiger partial charge in [-0.1, -0.05) is 19.3 Å². The Kier molecular flexibility index (Phi) is 4.66. The summed E-state index contributed by atoms with van der Waals surface area (Å²) in [5.74, 6) is 0. The minimum absolute atomic E-state index is 0.0955. The third kappa shape index (κ3) is 3.61. The summed E-state index contributed by atoms with van der Waals surface area (Å²) in [6.45, 7) is 2.47.